The molecule has 7 nitrogen and oxygen atoms in total. The lowest BCUT2D eigenvalue weighted by molar-refractivity contribution is -0.120. The number of nitrogens with zero attached hydrogens (tertiary/aromatic N) is 3. The molecule has 2 aliphatic heterocycles. The number of amides is 3. The van der Waals surface area contributed by atoms with Crippen LogP contribution in [0, 0.1) is 5.82 Å². The molecule has 0 bridgehead atoms. The van der Waals surface area contributed by atoms with E-state index < -0.39 is 6.04 Å². The molecule has 3 amide bonds. The fourth-order valence-corrected chi connectivity index (χ4v) is 7.52. The van der Waals surface area contributed by atoms with Crippen molar-refractivity contribution in [3.63, 3.8) is 0 Å². The molecule has 44 heavy (non-hydrogen) atoms. The Balaban J connectivity index is 1.26. The number of fused-ring (bicyclic) bond motifs is 2. The number of aromatic nitrogens is 1. The van der Waals surface area contributed by atoms with Crippen molar-refractivity contribution >= 4 is 40.3 Å². The van der Waals surface area contributed by atoms with Crippen molar-refractivity contribution in [2.24, 2.45) is 0 Å². The number of carbonyl (C=O) groups excluding carboxylic acids is 2. The van der Waals surface area contributed by atoms with Gasteiger partial charge >= 0.3 is 6.03 Å². The largest absolute Gasteiger partial charge is 0.361 e. The van der Waals surface area contributed by atoms with Crippen molar-refractivity contribution in [2.75, 3.05) is 44.4 Å². The third kappa shape index (κ3) is 6.35. The van der Waals surface area contributed by atoms with Crippen LogP contribution in [0.15, 0.2) is 77.8 Å². The summed E-state index contributed by atoms with van der Waals surface area (Å²) in [6, 6.07) is 20.1. The first-order valence-corrected chi connectivity index (χ1v) is 16.4. The van der Waals surface area contributed by atoms with Gasteiger partial charge in [0, 0.05) is 59.8 Å². The summed E-state index contributed by atoms with van der Waals surface area (Å²) >= 11 is 1.76. The molecule has 2 aliphatic rings. The van der Waals surface area contributed by atoms with Crippen LogP contribution in [0.25, 0.3) is 10.9 Å². The number of rotatable bonds is 7. The average molecular weight is 614 g/mol. The Kier molecular flexibility index (Phi) is 8.96. The highest BCUT2D eigenvalue weighted by molar-refractivity contribution is 7.99. The number of thioether (sulfide) groups is 1. The highest BCUT2D eigenvalue weighted by atomic mass is 32.2. The first kappa shape index (κ1) is 30.2. The molecule has 0 spiro atoms. The Labute approximate surface area is 262 Å². The lowest BCUT2D eigenvalue weighted by Gasteiger charge is -2.37. The predicted molar refractivity (Wildman–Crippen MR) is 176 cm³/mol. The molecule has 2 atom stereocenters. The van der Waals surface area contributed by atoms with Crippen LogP contribution < -0.4 is 10.2 Å². The van der Waals surface area contributed by atoms with Crippen LogP contribution in [0.1, 0.15) is 48.3 Å². The Morgan fingerprint density at radius 1 is 1.05 bits per heavy atom. The van der Waals surface area contributed by atoms with Gasteiger partial charge < -0.3 is 25.0 Å². The van der Waals surface area contributed by atoms with Gasteiger partial charge in [0.1, 0.15) is 11.9 Å². The molecule has 3 aromatic carbocycles. The van der Waals surface area contributed by atoms with Crippen LogP contribution >= 0.6 is 11.8 Å². The normalized spacial score (nSPS) is 17.0. The molecule has 2 N–H and O–H groups in total. The van der Waals surface area contributed by atoms with Crippen molar-refractivity contribution < 1.29 is 14.0 Å². The lowest BCUT2D eigenvalue weighted by Crippen LogP contribution is -2.56. The number of halogens is 1. The van der Waals surface area contributed by atoms with Crippen molar-refractivity contribution in [1.82, 2.24) is 20.1 Å². The van der Waals surface area contributed by atoms with Gasteiger partial charge in [-0.1, -0.05) is 43.3 Å². The number of para-hydroxylation sites is 1. The first-order chi connectivity index (χ1) is 21.3. The number of urea groups is 1. The van der Waals surface area contributed by atoms with Crippen molar-refractivity contribution in [2.45, 2.75) is 49.1 Å². The second kappa shape index (κ2) is 13.0. The number of piperidine rings is 1. The molecule has 1 fully saturated rings. The number of aromatic amines is 1. The quantitative estimate of drug-likeness (QED) is 0.247. The molecule has 1 saturated heterocycles. The van der Waals surface area contributed by atoms with Gasteiger partial charge in [-0.3, -0.25) is 4.79 Å². The Hall–Kier alpha value is -3.82. The minimum Gasteiger partial charge on any atom is -0.361 e. The van der Waals surface area contributed by atoms with Crippen LogP contribution in [0.2, 0.25) is 0 Å². The smallest absolute Gasteiger partial charge is 0.318 e. The molecule has 0 unspecified atom stereocenters. The minimum atomic E-state index is -0.759. The molecular weight excluding hydrogens is 573 g/mol. The fraction of sp³-hybridized carbons (Fsp3) is 0.371. The molecule has 6 rings (SSSR count). The number of anilines is 1. The van der Waals surface area contributed by atoms with E-state index in [0.717, 1.165) is 63.3 Å². The standard InChI is InChI=1S/C35H40FN5O2S/c1-23(29-21-37-30-7-5-4-6-28(29)30)33(34(42)41-18-19-44-32-13-8-24(20-31(32)41)22-39(2)3)38-35(43)40-16-14-26(15-17-40)25-9-11-27(36)12-10-25/h4-13,20-21,23,26,33,37H,14-19,22H2,1-3H3,(H,38,43)/t23-,33+/m0/s1. The van der Waals surface area contributed by atoms with Gasteiger partial charge in [-0.2, -0.15) is 0 Å². The zero-order valence-corrected chi connectivity index (χ0v) is 26.4. The van der Waals surface area contributed by atoms with Crippen molar-refractivity contribution in [1.29, 1.82) is 0 Å². The Morgan fingerprint density at radius 3 is 2.55 bits per heavy atom. The third-order valence-electron chi connectivity index (χ3n) is 8.93. The van der Waals surface area contributed by atoms with Gasteiger partial charge in [0.05, 0.1) is 5.69 Å². The number of carbonyl (C=O) groups is 2. The predicted octanol–water partition coefficient (Wildman–Crippen LogP) is 6.57. The molecule has 230 valence electrons. The maximum Gasteiger partial charge on any atom is 0.318 e. The molecule has 1 aromatic heterocycles. The summed E-state index contributed by atoms with van der Waals surface area (Å²) in [5, 5.41) is 4.24. The van der Waals surface area contributed by atoms with Crippen molar-refractivity contribution in [3.8, 4) is 0 Å². The molecule has 0 aliphatic carbocycles. The van der Waals surface area contributed by atoms with E-state index in [1.54, 1.807) is 11.8 Å². The Morgan fingerprint density at radius 2 is 1.80 bits per heavy atom. The van der Waals surface area contributed by atoms with Crippen LogP contribution in [0.3, 0.4) is 0 Å². The summed E-state index contributed by atoms with van der Waals surface area (Å²) in [7, 11) is 4.07. The first-order valence-electron chi connectivity index (χ1n) is 15.4. The zero-order chi connectivity index (χ0) is 30.8. The van der Waals surface area contributed by atoms with E-state index in [2.05, 4.69) is 39.5 Å². The maximum absolute atomic E-state index is 14.6. The van der Waals surface area contributed by atoms with Crippen LogP contribution in [0.4, 0.5) is 14.9 Å². The monoisotopic (exact) mass is 613 g/mol. The highest BCUT2D eigenvalue weighted by Crippen LogP contribution is 2.38. The lowest BCUT2D eigenvalue weighted by atomic mass is 9.89. The summed E-state index contributed by atoms with van der Waals surface area (Å²) in [5.74, 6) is 0.462. The minimum absolute atomic E-state index is 0.0964. The number of likely N-dealkylation sites (tertiary alicyclic amines) is 1. The van der Waals surface area contributed by atoms with Gasteiger partial charge in [0.25, 0.3) is 0 Å². The summed E-state index contributed by atoms with van der Waals surface area (Å²) < 4.78 is 13.5. The summed E-state index contributed by atoms with van der Waals surface area (Å²) in [6.45, 7) is 4.54. The van der Waals surface area contributed by atoms with E-state index >= 15 is 0 Å². The number of H-pyrrole nitrogens is 1. The summed E-state index contributed by atoms with van der Waals surface area (Å²) in [4.78, 5) is 38.6. The van der Waals surface area contributed by atoms with Gasteiger partial charge in [-0.15, -0.1) is 11.8 Å². The molecule has 3 heterocycles. The average Bonchev–Trinajstić information content (AvgIpc) is 3.47. The number of benzene rings is 3. The fourth-order valence-electron chi connectivity index (χ4n) is 6.55. The van der Waals surface area contributed by atoms with Crippen LogP contribution in [0.5, 0.6) is 0 Å². The second-order valence-electron chi connectivity index (χ2n) is 12.2. The third-order valence-corrected chi connectivity index (χ3v) is 9.97. The van der Waals surface area contributed by atoms with E-state index in [9.17, 15) is 14.0 Å². The van der Waals surface area contributed by atoms with Crippen molar-refractivity contribution in [3.05, 3.63) is 95.4 Å². The number of hydrogen-bond acceptors (Lipinski definition) is 4. The molecule has 0 radical (unpaired) electrons. The van der Waals surface area contributed by atoms with Crippen LogP contribution in [-0.4, -0.2) is 72.2 Å². The van der Waals surface area contributed by atoms with Gasteiger partial charge in [-0.25, -0.2) is 9.18 Å². The Bertz CT molecular complexity index is 1630. The SMILES string of the molecule is C[C@@H](c1c[nH]c2ccccc12)[C@@H](NC(=O)N1CCC(c2ccc(F)cc2)CC1)C(=O)N1CCSc2ccc(CN(C)C)cc21. The van der Waals surface area contributed by atoms with Crippen LogP contribution in [-0.2, 0) is 11.3 Å². The van der Waals surface area contributed by atoms with E-state index in [0.29, 0.717) is 19.6 Å². The topological polar surface area (TPSA) is 71.7 Å². The second-order valence-corrected chi connectivity index (χ2v) is 13.3. The zero-order valence-electron chi connectivity index (χ0n) is 25.6. The molecular formula is C35H40FN5O2S. The van der Waals surface area contributed by atoms with E-state index in [1.165, 1.54) is 12.1 Å². The number of hydrogen-bond donors (Lipinski definition) is 2. The molecule has 0 saturated carbocycles. The number of nitrogens with one attached hydrogen (secondary N) is 2. The summed E-state index contributed by atoms with van der Waals surface area (Å²) in [6.07, 6.45) is 3.55. The molecule has 9 heteroatoms. The van der Waals surface area contributed by atoms with Gasteiger partial charge in [-0.05, 0) is 79.9 Å². The maximum atomic E-state index is 14.6. The van der Waals surface area contributed by atoms with E-state index in [1.807, 2.05) is 67.3 Å². The molecule has 4 aromatic rings. The highest BCUT2D eigenvalue weighted by Gasteiger charge is 2.37. The van der Waals surface area contributed by atoms with E-state index in [4.69, 9.17) is 0 Å². The summed E-state index contributed by atoms with van der Waals surface area (Å²) in [5.41, 5.74) is 5.16. The van der Waals surface area contributed by atoms with E-state index in [-0.39, 0.29) is 29.6 Å². The van der Waals surface area contributed by atoms with Gasteiger partial charge in [0.2, 0.25) is 5.91 Å². The van der Waals surface area contributed by atoms with Gasteiger partial charge in [0.15, 0.2) is 0 Å².